The number of hydrogen-bond donors (Lipinski definition) is 1. The molecular weight excluding hydrogens is 326 g/mol. The van der Waals surface area contributed by atoms with Crippen LogP contribution in [-0.4, -0.2) is 36.8 Å². The van der Waals surface area contributed by atoms with E-state index in [4.69, 9.17) is 10.5 Å². The molecule has 0 fully saturated rings. The first kappa shape index (κ1) is 16.6. The zero-order valence-corrected chi connectivity index (χ0v) is 14.7. The van der Waals surface area contributed by atoms with Crippen molar-refractivity contribution < 1.29 is 8.95 Å². The summed E-state index contributed by atoms with van der Waals surface area (Å²) >= 11 is 0. The Kier molecular flexibility index (Phi) is 4.94. The number of rotatable bonds is 5. The van der Waals surface area contributed by atoms with Gasteiger partial charge in [0.1, 0.15) is 5.82 Å². The topological polar surface area (TPSA) is 95.9 Å². The Morgan fingerprint density at radius 2 is 2.12 bits per heavy atom. The van der Waals surface area contributed by atoms with E-state index in [0.717, 1.165) is 30.4 Å². The third-order valence-electron chi connectivity index (χ3n) is 3.90. The molecule has 128 valence electrons. The van der Waals surface area contributed by atoms with Gasteiger partial charge in [0.2, 0.25) is 5.82 Å². The van der Waals surface area contributed by atoms with Crippen LogP contribution in [0.25, 0.3) is 11.4 Å². The van der Waals surface area contributed by atoms with Gasteiger partial charge in [-0.05, 0) is 38.2 Å². The number of allylic oxidation sites excluding steroid dienone is 2. The third-order valence-corrected chi connectivity index (χ3v) is 4.73. The number of aromatic nitrogens is 4. The Morgan fingerprint density at radius 3 is 2.79 bits per heavy atom. The average Bonchev–Trinajstić information content (AvgIpc) is 2.94. The Bertz CT molecular complexity index is 800. The van der Waals surface area contributed by atoms with Crippen molar-refractivity contribution in [3.8, 4) is 11.7 Å². The molecule has 0 amide bonds. The number of nitrogens with two attached hydrogens (primary N) is 1. The zero-order chi connectivity index (χ0) is 17.1. The monoisotopic (exact) mass is 347 g/mol. The molecule has 0 spiro atoms. The van der Waals surface area contributed by atoms with Crippen LogP contribution in [0.5, 0.6) is 5.88 Å². The van der Waals surface area contributed by atoms with Crippen LogP contribution in [0, 0.1) is 0 Å². The number of ether oxygens (including phenoxy) is 1. The lowest BCUT2D eigenvalue weighted by atomic mass is 9.95. The van der Waals surface area contributed by atoms with Crippen LogP contribution < -0.4 is 10.5 Å². The predicted molar refractivity (Wildman–Crippen MR) is 93.5 cm³/mol. The van der Waals surface area contributed by atoms with Crippen molar-refractivity contribution in [2.75, 3.05) is 18.6 Å². The second-order valence-corrected chi connectivity index (χ2v) is 6.82. The summed E-state index contributed by atoms with van der Waals surface area (Å²) in [6.07, 6.45) is 11.1. The lowest BCUT2D eigenvalue weighted by molar-refractivity contribution is 0.323. The van der Waals surface area contributed by atoms with Gasteiger partial charge in [0, 0.05) is 18.6 Å². The highest BCUT2D eigenvalue weighted by atomic mass is 32.2. The largest absolute Gasteiger partial charge is 0.475 e. The molecule has 2 N–H and O–H groups in total. The molecule has 1 unspecified atom stereocenters. The SMILES string of the molecule is CCOc1nccnc1-n1nc(S(C)=O)c(C2=CCCCC2)c1N. The van der Waals surface area contributed by atoms with E-state index in [0.29, 0.717) is 29.1 Å². The quantitative estimate of drug-likeness (QED) is 0.892. The van der Waals surface area contributed by atoms with E-state index in [1.54, 1.807) is 18.6 Å². The first-order chi connectivity index (χ1) is 11.6. The van der Waals surface area contributed by atoms with E-state index in [9.17, 15) is 4.21 Å². The van der Waals surface area contributed by atoms with Gasteiger partial charge in [-0.15, -0.1) is 0 Å². The first-order valence-corrected chi connectivity index (χ1v) is 9.54. The molecule has 8 heteroatoms. The molecule has 2 aromatic heterocycles. The molecule has 0 aliphatic heterocycles. The lowest BCUT2D eigenvalue weighted by Gasteiger charge is -2.13. The molecule has 2 aromatic rings. The molecule has 1 atom stereocenters. The highest BCUT2D eigenvalue weighted by Gasteiger charge is 2.25. The second kappa shape index (κ2) is 7.12. The van der Waals surface area contributed by atoms with Crippen molar-refractivity contribution in [2.24, 2.45) is 0 Å². The summed E-state index contributed by atoms with van der Waals surface area (Å²) in [6.45, 7) is 2.33. The van der Waals surface area contributed by atoms with Gasteiger partial charge in [0.25, 0.3) is 5.88 Å². The van der Waals surface area contributed by atoms with E-state index < -0.39 is 10.8 Å². The molecule has 0 bridgehead atoms. The number of anilines is 1. The van der Waals surface area contributed by atoms with Crippen molar-refractivity contribution in [1.29, 1.82) is 0 Å². The first-order valence-electron chi connectivity index (χ1n) is 7.99. The van der Waals surface area contributed by atoms with Gasteiger partial charge < -0.3 is 10.5 Å². The maximum atomic E-state index is 12.2. The third kappa shape index (κ3) is 3.06. The Balaban J connectivity index is 2.17. The molecule has 7 nitrogen and oxygen atoms in total. The Labute approximate surface area is 143 Å². The van der Waals surface area contributed by atoms with Gasteiger partial charge in [-0.25, -0.2) is 9.97 Å². The van der Waals surface area contributed by atoms with Crippen molar-refractivity contribution in [3.05, 3.63) is 24.0 Å². The maximum Gasteiger partial charge on any atom is 0.259 e. The summed E-state index contributed by atoms with van der Waals surface area (Å²) in [7, 11) is -1.26. The van der Waals surface area contributed by atoms with Crippen molar-refractivity contribution in [1.82, 2.24) is 19.7 Å². The summed E-state index contributed by atoms with van der Waals surface area (Å²) < 4.78 is 19.2. The van der Waals surface area contributed by atoms with Crippen LogP contribution in [-0.2, 0) is 10.8 Å². The molecule has 2 heterocycles. The van der Waals surface area contributed by atoms with Crippen LogP contribution in [0.3, 0.4) is 0 Å². The average molecular weight is 347 g/mol. The van der Waals surface area contributed by atoms with Crippen molar-refractivity contribution >= 4 is 22.2 Å². The van der Waals surface area contributed by atoms with Gasteiger partial charge in [0.15, 0.2) is 5.03 Å². The number of nitrogen functional groups attached to an aromatic ring is 1. The summed E-state index contributed by atoms with van der Waals surface area (Å²) in [5.41, 5.74) is 8.25. The van der Waals surface area contributed by atoms with E-state index in [1.165, 1.54) is 11.1 Å². The van der Waals surface area contributed by atoms with Gasteiger partial charge in [-0.3, -0.25) is 4.21 Å². The molecule has 0 aromatic carbocycles. The summed E-state index contributed by atoms with van der Waals surface area (Å²) in [5, 5.41) is 4.95. The minimum absolute atomic E-state index is 0.354. The minimum Gasteiger partial charge on any atom is -0.475 e. The molecule has 0 radical (unpaired) electrons. The van der Waals surface area contributed by atoms with Crippen molar-refractivity contribution in [3.63, 3.8) is 0 Å². The van der Waals surface area contributed by atoms with Crippen LogP contribution in [0.15, 0.2) is 23.5 Å². The van der Waals surface area contributed by atoms with Crippen LogP contribution in [0.1, 0.15) is 38.2 Å². The van der Waals surface area contributed by atoms with Gasteiger partial charge in [-0.2, -0.15) is 9.78 Å². The van der Waals surface area contributed by atoms with E-state index >= 15 is 0 Å². The maximum absolute atomic E-state index is 12.2. The predicted octanol–water partition coefficient (Wildman–Crippen LogP) is 2.34. The van der Waals surface area contributed by atoms with E-state index in [2.05, 4.69) is 21.1 Å². The van der Waals surface area contributed by atoms with Gasteiger partial charge in [-0.1, -0.05) is 6.08 Å². The highest BCUT2D eigenvalue weighted by Crippen LogP contribution is 2.35. The minimum atomic E-state index is -1.26. The van der Waals surface area contributed by atoms with Gasteiger partial charge in [0.05, 0.1) is 23.0 Å². The summed E-state index contributed by atoms with van der Waals surface area (Å²) in [4.78, 5) is 8.49. The van der Waals surface area contributed by atoms with Crippen LogP contribution in [0.2, 0.25) is 0 Å². The lowest BCUT2D eigenvalue weighted by Crippen LogP contribution is -2.09. The summed E-state index contributed by atoms with van der Waals surface area (Å²) in [6, 6.07) is 0. The molecule has 0 saturated heterocycles. The Morgan fingerprint density at radius 1 is 1.33 bits per heavy atom. The van der Waals surface area contributed by atoms with E-state index in [1.807, 2.05) is 6.92 Å². The molecule has 1 aliphatic carbocycles. The molecule has 24 heavy (non-hydrogen) atoms. The fourth-order valence-corrected chi connectivity index (χ4v) is 3.56. The number of nitrogens with zero attached hydrogens (tertiary/aromatic N) is 4. The van der Waals surface area contributed by atoms with Gasteiger partial charge >= 0.3 is 0 Å². The summed E-state index contributed by atoms with van der Waals surface area (Å²) in [5.74, 6) is 1.19. The fraction of sp³-hybridized carbons (Fsp3) is 0.438. The molecular formula is C16H21N5O2S. The standard InChI is InChI=1S/C16H21N5O2S/c1-3-23-15-14(18-9-10-19-15)21-13(17)12(16(20-21)24(2)22)11-7-5-4-6-8-11/h7,9-10H,3-6,8,17H2,1-2H3. The van der Waals surface area contributed by atoms with Crippen molar-refractivity contribution in [2.45, 2.75) is 37.6 Å². The van der Waals surface area contributed by atoms with Crippen LogP contribution in [0.4, 0.5) is 5.82 Å². The highest BCUT2D eigenvalue weighted by molar-refractivity contribution is 7.84. The fourth-order valence-electron chi connectivity index (χ4n) is 2.84. The van der Waals surface area contributed by atoms with Crippen LogP contribution >= 0.6 is 0 Å². The number of hydrogen-bond acceptors (Lipinski definition) is 6. The Hall–Kier alpha value is -2.22. The molecule has 3 rings (SSSR count). The van der Waals surface area contributed by atoms with E-state index in [-0.39, 0.29) is 0 Å². The smallest absolute Gasteiger partial charge is 0.259 e. The molecule has 1 aliphatic rings. The second-order valence-electron chi connectivity index (χ2n) is 5.52. The zero-order valence-electron chi connectivity index (χ0n) is 13.9. The normalized spacial score (nSPS) is 15.8. The molecule has 0 saturated carbocycles.